The molecule has 0 saturated heterocycles. The molecule has 0 unspecified atom stereocenters. The zero-order valence-electron chi connectivity index (χ0n) is 18.0. The molecule has 0 spiro atoms. The van der Waals surface area contributed by atoms with Crippen molar-refractivity contribution in [2.75, 3.05) is 7.11 Å². The number of alkyl carbamates (subject to hydrolysis) is 1. The summed E-state index contributed by atoms with van der Waals surface area (Å²) in [5.74, 6) is 0.845. The van der Waals surface area contributed by atoms with E-state index < -0.39 is 17.7 Å². The molecule has 1 heterocycles. The van der Waals surface area contributed by atoms with Gasteiger partial charge in [-0.05, 0) is 63.1 Å². The van der Waals surface area contributed by atoms with Crippen molar-refractivity contribution in [3.63, 3.8) is 0 Å². The molecule has 1 aromatic heterocycles. The summed E-state index contributed by atoms with van der Waals surface area (Å²) in [6.45, 7) is 7.54. The van der Waals surface area contributed by atoms with Crippen LogP contribution in [0.4, 0.5) is 4.79 Å². The molecule has 0 bridgehead atoms. The molecule has 0 aliphatic heterocycles. The van der Waals surface area contributed by atoms with Gasteiger partial charge in [0, 0.05) is 18.9 Å². The Labute approximate surface area is 176 Å². The van der Waals surface area contributed by atoms with E-state index in [1.165, 1.54) is 0 Å². The van der Waals surface area contributed by atoms with Crippen LogP contribution in [0.2, 0.25) is 0 Å². The molecule has 8 nitrogen and oxygen atoms in total. The van der Waals surface area contributed by atoms with Crippen LogP contribution in [0.1, 0.15) is 38.8 Å². The summed E-state index contributed by atoms with van der Waals surface area (Å²) in [5, 5.41) is 5.30. The molecule has 162 valence electrons. The molecule has 0 aliphatic carbocycles. The molecular weight excluding hydrogens is 386 g/mol. The SMILES string of the molecule is COc1cc(CNC(=O)[C@@H](C)NC(=O)OC(C)(C)C)ccc1OCc1ccncc1. The van der Waals surface area contributed by atoms with Crippen LogP contribution >= 0.6 is 0 Å². The summed E-state index contributed by atoms with van der Waals surface area (Å²) in [6, 6.07) is 8.46. The second-order valence-electron chi connectivity index (χ2n) is 7.72. The Morgan fingerprint density at radius 2 is 1.77 bits per heavy atom. The Balaban J connectivity index is 1.89. The van der Waals surface area contributed by atoms with E-state index >= 15 is 0 Å². The number of hydrogen-bond acceptors (Lipinski definition) is 6. The van der Waals surface area contributed by atoms with Crippen molar-refractivity contribution in [1.82, 2.24) is 15.6 Å². The highest BCUT2D eigenvalue weighted by Gasteiger charge is 2.21. The largest absolute Gasteiger partial charge is 0.493 e. The van der Waals surface area contributed by atoms with Crippen LogP contribution in [-0.4, -0.2) is 35.7 Å². The van der Waals surface area contributed by atoms with E-state index in [0.717, 1.165) is 11.1 Å². The number of aromatic nitrogens is 1. The first-order chi connectivity index (χ1) is 14.2. The van der Waals surface area contributed by atoms with Gasteiger partial charge in [-0.3, -0.25) is 9.78 Å². The van der Waals surface area contributed by atoms with E-state index in [0.29, 0.717) is 18.1 Å². The van der Waals surface area contributed by atoms with Gasteiger partial charge < -0.3 is 24.8 Å². The second kappa shape index (κ2) is 10.5. The number of benzene rings is 1. The van der Waals surface area contributed by atoms with Gasteiger partial charge >= 0.3 is 6.09 Å². The van der Waals surface area contributed by atoms with E-state index in [9.17, 15) is 9.59 Å². The second-order valence-corrected chi connectivity index (χ2v) is 7.72. The van der Waals surface area contributed by atoms with E-state index in [4.69, 9.17) is 14.2 Å². The number of amides is 2. The highest BCUT2D eigenvalue weighted by Crippen LogP contribution is 2.28. The topological polar surface area (TPSA) is 98.8 Å². The van der Waals surface area contributed by atoms with Gasteiger partial charge in [0.25, 0.3) is 0 Å². The van der Waals surface area contributed by atoms with Gasteiger partial charge in [0.15, 0.2) is 11.5 Å². The van der Waals surface area contributed by atoms with Crippen LogP contribution in [0.25, 0.3) is 0 Å². The van der Waals surface area contributed by atoms with Gasteiger partial charge in [-0.15, -0.1) is 0 Å². The van der Waals surface area contributed by atoms with Gasteiger partial charge in [0.1, 0.15) is 18.2 Å². The van der Waals surface area contributed by atoms with Crippen LogP contribution in [0, 0.1) is 0 Å². The third-order valence-electron chi connectivity index (χ3n) is 3.96. The first kappa shape index (κ1) is 23.0. The predicted molar refractivity (Wildman–Crippen MR) is 112 cm³/mol. The molecule has 0 fully saturated rings. The first-order valence-corrected chi connectivity index (χ1v) is 9.64. The molecule has 0 aliphatic rings. The van der Waals surface area contributed by atoms with E-state index in [2.05, 4.69) is 15.6 Å². The zero-order chi connectivity index (χ0) is 22.1. The number of hydrogen-bond donors (Lipinski definition) is 2. The predicted octanol–water partition coefficient (Wildman–Crippen LogP) is 3.20. The van der Waals surface area contributed by atoms with E-state index in [1.54, 1.807) is 59.3 Å². The molecule has 1 aromatic carbocycles. The van der Waals surface area contributed by atoms with Crippen LogP contribution in [0.15, 0.2) is 42.7 Å². The van der Waals surface area contributed by atoms with Crippen molar-refractivity contribution in [3.05, 3.63) is 53.9 Å². The number of nitrogens with zero attached hydrogens (tertiary/aromatic N) is 1. The maximum Gasteiger partial charge on any atom is 0.408 e. The molecule has 1 atom stereocenters. The molecule has 8 heteroatoms. The number of ether oxygens (including phenoxy) is 3. The van der Waals surface area contributed by atoms with E-state index in [-0.39, 0.29) is 12.5 Å². The fourth-order valence-electron chi connectivity index (χ4n) is 2.47. The van der Waals surface area contributed by atoms with Crippen LogP contribution in [0.3, 0.4) is 0 Å². The smallest absolute Gasteiger partial charge is 0.408 e. The summed E-state index contributed by atoms with van der Waals surface area (Å²) < 4.78 is 16.4. The molecular formula is C22H29N3O5. The molecule has 2 aromatic rings. The summed E-state index contributed by atoms with van der Waals surface area (Å²) in [5.41, 5.74) is 1.20. The number of pyridine rings is 1. The Kier molecular flexibility index (Phi) is 8.03. The standard InChI is InChI=1S/C22H29N3O5/c1-15(25-21(27)30-22(2,3)4)20(26)24-13-17-6-7-18(19(12-17)28-5)29-14-16-8-10-23-11-9-16/h6-12,15H,13-14H2,1-5H3,(H,24,26)(H,25,27)/t15-/m1/s1. The Morgan fingerprint density at radius 3 is 2.40 bits per heavy atom. The minimum atomic E-state index is -0.732. The maximum atomic E-state index is 12.3. The minimum Gasteiger partial charge on any atom is -0.493 e. The number of methoxy groups -OCH3 is 1. The monoisotopic (exact) mass is 415 g/mol. The highest BCUT2D eigenvalue weighted by atomic mass is 16.6. The minimum absolute atomic E-state index is 0.278. The zero-order valence-corrected chi connectivity index (χ0v) is 18.0. The van der Waals surface area contributed by atoms with Gasteiger partial charge in [0.2, 0.25) is 5.91 Å². The molecule has 30 heavy (non-hydrogen) atoms. The average molecular weight is 415 g/mol. The molecule has 2 N–H and O–H groups in total. The normalized spacial score (nSPS) is 11.9. The lowest BCUT2D eigenvalue weighted by Crippen LogP contribution is -2.46. The fourth-order valence-corrected chi connectivity index (χ4v) is 2.47. The summed E-state index contributed by atoms with van der Waals surface area (Å²) in [6.07, 6.45) is 2.78. The number of rotatable bonds is 8. The van der Waals surface area contributed by atoms with Crippen molar-refractivity contribution in [3.8, 4) is 11.5 Å². The van der Waals surface area contributed by atoms with Crippen molar-refractivity contribution in [2.45, 2.75) is 52.5 Å². The lowest BCUT2D eigenvalue weighted by atomic mass is 10.2. The molecule has 0 saturated carbocycles. The number of carbonyl (C=O) groups excluding carboxylic acids is 2. The van der Waals surface area contributed by atoms with Gasteiger partial charge in [0.05, 0.1) is 7.11 Å². The first-order valence-electron chi connectivity index (χ1n) is 9.64. The van der Waals surface area contributed by atoms with Crippen molar-refractivity contribution in [2.24, 2.45) is 0 Å². The lowest BCUT2D eigenvalue weighted by Gasteiger charge is -2.21. The van der Waals surface area contributed by atoms with Crippen molar-refractivity contribution in [1.29, 1.82) is 0 Å². The lowest BCUT2D eigenvalue weighted by molar-refractivity contribution is -0.122. The van der Waals surface area contributed by atoms with Gasteiger partial charge in [-0.25, -0.2) is 4.79 Å². The van der Waals surface area contributed by atoms with Crippen molar-refractivity contribution >= 4 is 12.0 Å². The summed E-state index contributed by atoms with van der Waals surface area (Å²) in [7, 11) is 1.56. The van der Waals surface area contributed by atoms with E-state index in [1.807, 2.05) is 18.2 Å². The third-order valence-corrected chi connectivity index (χ3v) is 3.96. The average Bonchev–Trinajstić information content (AvgIpc) is 2.69. The van der Waals surface area contributed by atoms with Crippen LogP contribution in [0.5, 0.6) is 11.5 Å². The molecule has 2 amide bonds. The Bertz CT molecular complexity index is 850. The quantitative estimate of drug-likeness (QED) is 0.687. The maximum absolute atomic E-state index is 12.3. The fraction of sp³-hybridized carbons (Fsp3) is 0.409. The van der Waals surface area contributed by atoms with Crippen molar-refractivity contribution < 1.29 is 23.8 Å². The van der Waals surface area contributed by atoms with Crippen LogP contribution in [-0.2, 0) is 22.7 Å². The van der Waals surface area contributed by atoms with Gasteiger partial charge in [-0.1, -0.05) is 6.07 Å². The number of carbonyl (C=O) groups is 2. The summed E-state index contributed by atoms with van der Waals surface area (Å²) in [4.78, 5) is 28.0. The number of nitrogens with one attached hydrogen (secondary N) is 2. The molecule has 2 rings (SSSR count). The Hall–Kier alpha value is -3.29. The highest BCUT2D eigenvalue weighted by molar-refractivity contribution is 5.85. The summed E-state index contributed by atoms with van der Waals surface area (Å²) >= 11 is 0. The van der Waals surface area contributed by atoms with Crippen LogP contribution < -0.4 is 20.1 Å². The molecule has 0 radical (unpaired) electrons. The van der Waals surface area contributed by atoms with Gasteiger partial charge in [-0.2, -0.15) is 0 Å². The third kappa shape index (κ3) is 7.62. The Morgan fingerprint density at radius 1 is 1.07 bits per heavy atom.